The second-order valence-corrected chi connectivity index (χ2v) is 6.39. The molecule has 0 aliphatic heterocycles. The van der Waals surface area contributed by atoms with Crippen LogP contribution in [0.3, 0.4) is 0 Å². The lowest BCUT2D eigenvalue weighted by atomic mass is 10.1. The number of carbonyl (C=O) groups is 1. The fourth-order valence-corrected chi connectivity index (χ4v) is 2.16. The molecule has 0 spiro atoms. The molecule has 0 saturated carbocycles. The number of alkyl halides is 1. The molecule has 0 heterocycles. The Hall–Kier alpha value is -0.830. The van der Waals surface area contributed by atoms with Gasteiger partial charge in [-0.3, -0.25) is 4.79 Å². The van der Waals surface area contributed by atoms with Crippen LogP contribution in [0.4, 0.5) is 19.4 Å². The van der Waals surface area contributed by atoms with Crippen molar-refractivity contribution in [2.24, 2.45) is 0 Å². The van der Waals surface area contributed by atoms with Gasteiger partial charge in [0.2, 0.25) is 0 Å². The molecule has 0 fully saturated rings. The predicted molar refractivity (Wildman–Crippen MR) is 85.2 cm³/mol. The number of halogens is 6. The first-order chi connectivity index (χ1) is 9.87. The van der Waals surface area contributed by atoms with E-state index in [0.29, 0.717) is 0 Å². The van der Waals surface area contributed by atoms with Crippen LogP contribution in [-0.4, -0.2) is 18.2 Å². The number of ketones is 1. The molecule has 22 heavy (non-hydrogen) atoms. The van der Waals surface area contributed by atoms with Crippen LogP contribution in [0.1, 0.15) is 38.1 Å². The highest BCUT2D eigenvalue weighted by atomic mass is 79.9. The lowest BCUT2D eigenvalue weighted by Crippen LogP contribution is -2.09. The van der Waals surface area contributed by atoms with Gasteiger partial charge in [-0.05, 0) is 12.1 Å². The zero-order chi connectivity index (χ0) is 18.3. The molecule has 1 aromatic rings. The first-order valence-corrected chi connectivity index (χ1v) is 9.47. The first-order valence-electron chi connectivity index (χ1n) is 6.40. The molecule has 1 aromatic carbocycles. The van der Waals surface area contributed by atoms with Gasteiger partial charge in [-0.25, -0.2) is 0 Å². The highest BCUT2D eigenvalue weighted by Gasteiger charge is 2.65. The Kier molecular flexibility index (Phi) is 8.13. The van der Waals surface area contributed by atoms with Crippen LogP contribution in [0.2, 0.25) is 0 Å². The third-order valence-electron chi connectivity index (χ3n) is 2.00. The number of methoxy groups -OCH3 is 1. The molecule has 0 unspecified atom stereocenters. The SMILES string of the molecule is CC.CC.COc1cc(C(=O)CBr)cc(S(F)(F)(F)(F)F)c1. The van der Waals surface area contributed by atoms with E-state index in [4.69, 9.17) is 0 Å². The molecule has 0 radical (unpaired) electrons. The van der Waals surface area contributed by atoms with E-state index in [-0.39, 0.29) is 17.5 Å². The van der Waals surface area contributed by atoms with Gasteiger partial charge in [-0.1, -0.05) is 63.1 Å². The predicted octanol–water partition coefficient (Wildman–Crippen LogP) is 6.98. The summed E-state index contributed by atoms with van der Waals surface area (Å²) in [6, 6.07) is 1.27. The van der Waals surface area contributed by atoms with E-state index in [2.05, 4.69) is 20.7 Å². The summed E-state index contributed by atoms with van der Waals surface area (Å²) in [5, 5.41) is -0.278. The number of carbonyl (C=O) groups excluding carboxylic acids is 1. The minimum Gasteiger partial charge on any atom is -0.497 e. The second-order valence-electron chi connectivity index (χ2n) is 3.42. The van der Waals surface area contributed by atoms with Crippen LogP contribution in [0, 0.1) is 0 Å². The summed E-state index contributed by atoms with van der Waals surface area (Å²) < 4.78 is 67.7. The van der Waals surface area contributed by atoms with E-state index in [1.807, 2.05) is 27.7 Å². The van der Waals surface area contributed by atoms with Crippen LogP contribution in [0.5, 0.6) is 5.75 Å². The largest absolute Gasteiger partial charge is 0.497 e. The average Bonchev–Trinajstić information content (AvgIpc) is 2.47. The van der Waals surface area contributed by atoms with Gasteiger partial charge in [0.25, 0.3) is 0 Å². The Bertz CT molecular complexity index is 502. The molecule has 1 rings (SSSR count). The summed E-state index contributed by atoms with van der Waals surface area (Å²) in [5.41, 5.74) is -0.491. The minimum absolute atomic E-state index is 0.133. The summed E-state index contributed by atoms with van der Waals surface area (Å²) in [7, 11) is -8.81. The standard InChI is InChI=1S/C9H8BrF5O2S.2C2H6/c1-17-7-2-6(9(16)5-10)3-8(4-7)18(11,12,13,14)15;2*1-2/h2-4H,5H2,1H3;2*1-2H3. The molecule has 0 amide bonds. The van der Waals surface area contributed by atoms with E-state index < -0.39 is 32.2 Å². The molecule has 0 aliphatic carbocycles. The lowest BCUT2D eigenvalue weighted by Gasteiger charge is -2.40. The molecule has 0 N–H and O–H groups in total. The van der Waals surface area contributed by atoms with Gasteiger partial charge in [0.15, 0.2) is 5.78 Å². The van der Waals surface area contributed by atoms with Gasteiger partial charge in [-0.2, -0.15) is 0 Å². The van der Waals surface area contributed by atoms with Gasteiger partial charge in [0.05, 0.1) is 12.4 Å². The number of hydrogen-bond donors (Lipinski definition) is 0. The lowest BCUT2D eigenvalue weighted by molar-refractivity contribution is 0.102. The molecule has 2 nitrogen and oxygen atoms in total. The fraction of sp³-hybridized carbons (Fsp3) is 0.462. The Morgan fingerprint density at radius 3 is 1.82 bits per heavy atom. The Balaban J connectivity index is 0. The van der Waals surface area contributed by atoms with Crippen LogP contribution >= 0.6 is 26.2 Å². The van der Waals surface area contributed by atoms with Crippen molar-refractivity contribution in [3.8, 4) is 5.75 Å². The summed E-state index contributed by atoms with van der Waals surface area (Å²) in [6.45, 7) is 8.00. The molecule has 0 aromatic heterocycles. The van der Waals surface area contributed by atoms with Crippen molar-refractivity contribution in [2.75, 3.05) is 12.4 Å². The van der Waals surface area contributed by atoms with Crippen molar-refractivity contribution in [3.63, 3.8) is 0 Å². The molecular weight excluding hydrogens is 395 g/mol. The molecule has 0 bridgehead atoms. The van der Waals surface area contributed by atoms with E-state index in [9.17, 15) is 24.2 Å². The van der Waals surface area contributed by atoms with Crippen molar-refractivity contribution in [1.29, 1.82) is 0 Å². The number of hydrogen-bond acceptors (Lipinski definition) is 2. The number of ether oxygens (including phenoxy) is 1. The minimum atomic E-state index is -9.83. The van der Waals surface area contributed by atoms with E-state index >= 15 is 0 Å². The number of Topliss-reactive ketones (excluding diaryl/α,β-unsaturated/α-hetero) is 1. The monoisotopic (exact) mass is 414 g/mol. The Morgan fingerprint density at radius 2 is 1.50 bits per heavy atom. The summed E-state index contributed by atoms with van der Waals surface area (Å²) in [6.07, 6.45) is 0. The molecule has 0 aliphatic rings. The van der Waals surface area contributed by atoms with Gasteiger partial charge in [-0.15, -0.1) is 0 Å². The maximum atomic E-state index is 12.6. The average molecular weight is 415 g/mol. The molecule has 132 valence electrons. The first kappa shape index (κ1) is 23.4. The van der Waals surface area contributed by atoms with Crippen LogP contribution in [-0.2, 0) is 0 Å². The summed E-state index contributed by atoms with van der Waals surface area (Å²) >= 11 is 2.75. The van der Waals surface area contributed by atoms with Crippen LogP contribution in [0.25, 0.3) is 0 Å². The molecular formula is C13H20BrF5O2S. The second kappa shape index (κ2) is 7.63. The van der Waals surface area contributed by atoms with Gasteiger partial charge >= 0.3 is 10.2 Å². The Labute approximate surface area is 135 Å². The molecule has 0 saturated heterocycles. The number of benzene rings is 1. The zero-order valence-corrected chi connectivity index (χ0v) is 15.3. The summed E-state index contributed by atoms with van der Waals surface area (Å²) in [5.74, 6) is -1.21. The van der Waals surface area contributed by atoms with Gasteiger partial charge < -0.3 is 4.74 Å². The Morgan fingerprint density at radius 1 is 1.05 bits per heavy atom. The highest BCUT2D eigenvalue weighted by Crippen LogP contribution is 3.02. The van der Waals surface area contributed by atoms with Crippen LogP contribution in [0.15, 0.2) is 23.1 Å². The molecule has 9 heteroatoms. The maximum Gasteiger partial charge on any atom is 0.310 e. The normalized spacial score (nSPS) is 13.4. The van der Waals surface area contributed by atoms with E-state index in [1.165, 1.54) is 0 Å². The van der Waals surface area contributed by atoms with Crippen LogP contribution < -0.4 is 4.74 Å². The van der Waals surface area contributed by atoms with E-state index in [1.54, 1.807) is 0 Å². The third-order valence-corrected chi connectivity index (χ3v) is 3.64. The quantitative estimate of drug-likeness (QED) is 0.301. The fourth-order valence-electron chi connectivity index (χ4n) is 1.15. The van der Waals surface area contributed by atoms with Crippen molar-refractivity contribution in [3.05, 3.63) is 23.8 Å². The van der Waals surface area contributed by atoms with E-state index in [0.717, 1.165) is 13.2 Å². The third kappa shape index (κ3) is 7.44. The summed E-state index contributed by atoms with van der Waals surface area (Å²) in [4.78, 5) is 9.13. The molecule has 0 atom stereocenters. The smallest absolute Gasteiger partial charge is 0.310 e. The van der Waals surface area contributed by atoms with Crippen molar-refractivity contribution in [2.45, 2.75) is 32.6 Å². The number of rotatable bonds is 4. The van der Waals surface area contributed by atoms with Crippen molar-refractivity contribution >= 4 is 31.9 Å². The maximum absolute atomic E-state index is 12.6. The topological polar surface area (TPSA) is 26.3 Å². The van der Waals surface area contributed by atoms with Gasteiger partial charge in [0.1, 0.15) is 10.6 Å². The van der Waals surface area contributed by atoms with Gasteiger partial charge in [0, 0.05) is 11.6 Å². The highest BCUT2D eigenvalue weighted by molar-refractivity contribution is 9.09. The van der Waals surface area contributed by atoms with Crippen molar-refractivity contribution < 1.29 is 29.0 Å². The zero-order valence-electron chi connectivity index (χ0n) is 12.9. The van der Waals surface area contributed by atoms with Crippen molar-refractivity contribution in [1.82, 2.24) is 0 Å².